The van der Waals surface area contributed by atoms with E-state index in [-0.39, 0.29) is 25.5 Å². The van der Waals surface area contributed by atoms with Gasteiger partial charge in [-0.2, -0.15) is 0 Å². The summed E-state index contributed by atoms with van der Waals surface area (Å²) in [5.41, 5.74) is 4.42. The van der Waals surface area contributed by atoms with Crippen LogP contribution in [0.3, 0.4) is 0 Å². The Morgan fingerprint density at radius 3 is 1.75 bits per heavy atom. The third-order valence-electron chi connectivity index (χ3n) is 9.31. The molecule has 0 saturated carbocycles. The van der Waals surface area contributed by atoms with Gasteiger partial charge in [0, 0.05) is 17.3 Å². The van der Waals surface area contributed by atoms with Gasteiger partial charge in [-0.05, 0) is 46.9 Å². The van der Waals surface area contributed by atoms with E-state index in [1.807, 2.05) is 169 Å². The molecule has 0 saturated heterocycles. The molecule has 1 amide bonds. The highest BCUT2D eigenvalue weighted by atomic mass is 16.5. The minimum absolute atomic E-state index is 0.189. The average Bonchev–Trinajstić information content (AvgIpc) is 3.42. The molecule has 6 aromatic carbocycles. The molecular formula is C45H39NO5. The summed E-state index contributed by atoms with van der Waals surface area (Å²) in [6.45, 7) is 2.57. The lowest BCUT2D eigenvalue weighted by Crippen LogP contribution is -2.45. The number of anilines is 1. The number of fused-ring (bicyclic) bond motifs is 1. The second-order valence-electron chi connectivity index (χ2n) is 12.5. The van der Waals surface area contributed by atoms with Crippen molar-refractivity contribution in [1.82, 2.24) is 0 Å². The summed E-state index contributed by atoms with van der Waals surface area (Å²) < 4.78 is 18.5. The van der Waals surface area contributed by atoms with E-state index >= 15 is 4.79 Å². The standard InChI is InChI=1S/C45H39NO5/c1-2-49-42(47)30-45(39-28-27-37(50-31-33-17-7-3-8-18-33)29-41(39)51-32-34-19-9-4-10-20-34)38-25-15-16-26-40(38)46(44(45)48)43(35-21-11-5-12-22-35)36-23-13-6-14-24-36/h3-29,43H,2,30-32H2,1H3. The molecule has 1 unspecified atom stereocenters. The molecule has 6 nitrogen and oxygen atoms in total. The van der Waals surface area contributed by atoms with E-state index in [4.69, 9.17) is 14.2 Å². The van der Waals surface area contributed by atoms with Gasteiger partial charge in [0.05, 0.1) is 19.1 Å². The molecule has 0 N–H and O–H groups in total. The van der Waals surface area contributed by atoms with E-state index in [0.29, 0.717) is 29.2 Å². The van der Waals surface area contributed by atoms with Crippen LogP contribution in [-0.2, 0) is 33.0 Å². The molecule has 1 aliphatic rings. The number of amides is 1. The largest absolute Gasteiger partial charge is 0.489 e. The van der Waals surface area contributed by atoms with Gasteiger partial charge >= 0.3 is 5.97 Å². The number of esters is 1. The van der Waals surface area contributed by atoms with Crippen LogP contribution in [0.15, 0.2) is 164 Å². The van der Waals surface area contributed by atoms with Gasteiger partial charge in [0.1, 0.15) is 30.1 Å². The Kier molecular flexibility index (Phi) is 9.93. The molecule has 0 fully saturated rings. The van der Waals surface area contributed by atoms with Crippen LogP contribution >= 0.6 is 0 Å². The Hall–Kier alpha value is -6.14. The predicted molar refractivity (Wildman–Crippen MR) is 199 cm³/mol. The third kappa shape index (κ3) is 6.86. The molecule has 0 bridgehead atoms. The fraction of sp³-hybridized carbons (Fsp3) is 0.156. The predicted octanol–water partition coefficient (Wildman–Crippen LogP) is 9.22. The lowest BCUT2D eigenvalue weighted by molar-refractivity contribution is -0.146. The molecular weight excluding hydrogens is 634 g/mol. The van der Waals surface area contributed by atoms with Crippen molar-refractivity contribution in [2.24, 2.45) is 0 Å². The first-order chi connectivity index (χ1) is 25.1. The molecule has 7 rings (SSSR count). The highest BCUT2D eigenvalue weighted by Gasteiger charge is 2.56. The number of ether oxygens (including phenoxy) is 3. The fourth-order valence-electron chi connectivity index (χ4n) is 6.99. The van der Waals surface area contributed by atoms with Crippen molar-refractivity contribution in [3.8, 4) is 11.5 Å². The molecule has 6 aromatic rings. The molecule has 0 radical (unpaired) electrons. The lowest BCUT2D eigenvalue weighted by atomic mass is 9.72. The van der Waals surface area contributed by atoms with Crippen LogP contribution in [0.25, 0.3) is 0 Å². The maximum absolute atomic E-state index is 15.7. The number of benzene rings is 6. The number of para-hydroxylation sites is 1. The smallest absolute Gasteiger partial charge is 0.307 e. The maximum atomic E-state index is 15.7. The van der Waals surface area contributed by atoms with Crippen molar-refractivity contribution < 1.29 is 23.8 Å². The van der Waals surface area contributed by atoms with Gasteiger partial charge in [0.2, 0.25) is 5.91 Å². The van der Waals surface area contributed by atoms with Crippen molar-refractivity contribution in [3.05, 3.63) is 197 Å². The van der Waals surface area contributed by atoms with E-state index in [0.717, 1.165) is 27.9 Å². The Balaban J connectivity index is 1.40. The number of rotatable bonds is 13. The van der Waals surface area contributed by atoms with E-state index < -0.39 is 17.4 Å². The second kappa shape index (κ2) is 15.2. The highest BCUT2D eigenvalue weighted by molar-refractivity contribution is 6.13. The monoisotopic (exact) mass is 673 g/mol. The van der Waals surface area contributed by atoms with Gasteiger partial charge in [0.25, 0.3) is 0 Å². The van der Waals surface area contributed by atoms with Crippen LogP contribution < -0.4 is 14.4 Å². The maximum Gasteiger partial charge on any atom is 0.307 e. The number of hydrogen-bond donors (Lipinski definition) is 0. The van der Waals surface area contributed by atoms with Crippen molar-refractivity contribution >= 4 is 17.6 Å². The molecule has 254 valence electrons. The molecule has 6 heteroatoms. The fourth-order valence-corrected chi connectivity index (χ4v) is 6.99. The number of carbonyl (C=O) groups is 2. The van der Waals surface area contributed by atoms with Gasteiger partial charge in [-0.15, -0.1) is 0 Å². The van der Waals surface area contributed by atoms with E-state index in [1.54, 1.807) is 6.92 Å². The Morgan fingerprint density at radius 2 is 1.16 bits per heavy atom. The van der Waals surface area contributed by atoms with Crippen LogP contribution in [0, 0.1) is 0 Å². The van der Waals surface area contributed by atoms with E-state index in [9.17, 15) is 4.79 Å². The molecule has 0 aliphatic carbocycles. The number of nitrogens with zero attached hydrogens (tertiary/aromatic N) is 1. The Labute approximate surface area is 298 Å². The third-order valence-corrected chi connectivity index (χ3v) is 9.31. The molecule has 1 atom stereocenters. The van der Waals surface area contributed by atoms with E-state index in [1.165, 1.54) is 0 Å². The van der Waals surface area contributed by atoms with Crippen molar-refractivity contribution in [2.75, 3.05) is 11.5 Å². The average molecular weight is 674 g/mol. The first-order valence-corrected chi connectivity index (χ1v) is 17.2. The summed E-state index contributed by atoms with van der Waals surface area (Å²) in [5, 5.41) is 0. The lowest BCUT2D eigenvalue weighted by Gasteiger charge is -2.34. The zero-order valence-electron chi connectivity index (χ0n) is 28.5. The SMILES string of the molecule is CCOC(=O)CC1(c2ccc(OCc3ccccc3)cc2OCc2ccccc2)C(=O)N(C(c2ccccc2)c2ccccc2)c2ccccc21. The number of carbonyl (C=O) groups excluding carboxylic acids is 2. The molecule has 1 aliphatic heterocycles. The van der Waals surface area contributed by atoms with Crippen molar-refractivity contribution in [2.45, 2.75) is 38.0 Å². The van der Waals surface area contributed by atoms with E-state index in [2.05, 4.69) is 0 Å². The van der Waals surface area contributed by atoms with Gasteiger partial charge in [-0.1, -0.05) is 146 Å². The highest BCUT2D eigenvalue weighted by Crippen LogP contribution is 2.54. The van der Waals surface area contributed by atoms with Crippen LogP contribution in [0.5, 0.6) is 11.5 Å². The van der Waals surface area contributed by atoms with Crippen LogP contribution in [0.1, 0.15) is 52.8 Å². The summed E-state index contributed by atoms with van der Waals surface area (Å²) >= 11 is 0. The topological polar surface area (TPSA) is 65.1 Å². The summed E-state index contributed by atoms with van der Waals surface area (Å²) in [5.74, 6) is 0.322. The molecule has 51 heavy (non-hydrogen) atoms. The zero-order chi connectivity index (χ0) is 35.0. The summed E-state index contributed by atoms with van der Waals surface area (Å²) in [4.78, 5) is 31.2. The van der Waals surface area contributed by atoms with Crippen LogP contribution in [0.2, 0.25) is 0 Å². The van der Waals surface area contributed by atoms with Gasteiger partial charge in [-0.25, -0.2) is 0 Å². The summed E-state index contributed by atoms with van der Waals surface area (Å²) in [6.07, 6.45) is -0.213. The summed E-state index contributed by atoms with van der Waals surface area (Å²) in [6, 6.07) is 52.6. The zero-order valence-corrected chi connectivity index (χ0v) is 28.5. The van der Waals surface area contributed by atoms with Crippen LogP contribution in [0.4, 0.5) is 5.69 Å². The minimum Gasteiger partial charge on any atom is -0.489 e. The molecule has 1 heterocycles. The molecule has 0 spiro atoms. The van der Waals surface area contributed by atoms with Crippen LogP contribution in [-0.4, -0.2) is 18.5 Å². The minimum atomic E-state index is -1.46. The van der Waals surface area contributed by atoms with Gasteiger partial charge in [0.15, 0.2) is 0 Å². The second-order valence-corrected chi connectivity index (χ2v) is 12.5. The Morgan fingerprint density at radius 1 is 0.627 bits per heavy atom. The first-order valence-electron chi connectivity index (χ1n) is 17.2. The van der Waals surface area contributed by atoms with Gasteiger partial charge < -0.3 is 14.2 Å². The van der Waals surface area contributed by atoms with Gasteiger partial charge in [-0.3, -0.25) is 14.5 Å². The van der Waals surface area contributed by atoms with Crippen molar-refractivity contribution in [3.63, 3.8) is 0 Å². The summed E-state index contributed by atoms with van der Waals surface area (Å²) in [7, 11) is 0. The quantitative estimate of drug-likeness (QED) is 0.114. The number of hydrogen-bond acceptors (Lipinski definition) is 5. The normalized spacial score (nSPS) is 15.0. The first kappa shape index (κ1) is 33.4. The van der Waals surface area contributed by atoms with Crippen molar-refractivity contribution in [1.29, 1.82) is 0 Å². The molecule has 0 aromatic heterocycles. The Bertz CT molecular complexity index is 2050.